The Hall–Kier alpha value is -1.25. The maximum atomic E-state index is 13.7. The van der Waals surface area contributed by atoms with Gasteiger partial charge in [0.2, 0.25) is 0 Å². The van der Waals surface area contributed by atoms with E-state index in [9.17, 15) is 14.0 Å². The van der Waals surface area contributed by atoms with Crippen molar-refractivity contribution in [1.29, 1.82) is 0 Å². The monoisotopic (exact) mass is 421 g/mol. The van der Waals surface area contributed by atoms with Gasteiger partial charge in [0.05, 0.1) is 19.9 Å². The van der Waals surface area contributed by atoms with Crippen molar-refractivity contribution in [3.8, 4) is 0 Å². The number of hydrogen-bond acceptors (Lipinski definition) is 3. The van der Waals surface area contributed by atoms with Crippen molar-refractivity contribution >= 4 is 60.8 Å². The number of carbonyl (C=O) groups is 2. The molecule has 0 aliphatic rings. The lowest BCUT2D eigenvalue weighted by Gasteiger charge is -2.05. The van der Waals surface area contributed by atoms with Crippen LogP contribution in [0.1, 0.15) is 20.0 Å². The van der Waals surface area contributed by atoms with Crippen LogP contribution in [0, 0.1) is 5.82 Å². The minimum absolute atomic E-state index is 0.0688. The zero-order valence-electron chi connectivity index (χ0n) is 9.62. The Morgan fingerprint density at radius 2 is 1.95 bits per heavy atom. The molecule has 1 heterocycles. The molecule has 1 amide bonds. The van der Waals surface area contributed by atoms with E-state index < -0.39 is 17.7 Å². The molecule has 1 aromatic heterocycles. The van der Waals surface area contributed by atoms with Crippen LogP contribution in [-0.4, -0.2) is 17.0 Å². The van der Waals surface area contributed by atoms with Crippen molar-refractivity contribution in [2.24, 2.45) is 0 Å². The molecule has 0 radical (unpaired) electrons. The Balaban J connectivity index is 2.21. The highest BCUT2D eigenvalue weighted by Gasteiger charge is 2.15. The lowest BCUT2D eigenvalue weighted by molar-refractivity contribution is 0.0696. The first kappa shape index (κ1) is 15.1. The average Bonchev–Trinajstić information content (AvgIpc) is 2.72. The molecule has 0 bridgehead atoms. The molecule has 0 saturated heterocycles. The van der Waals surface area contributed by atoms with Gasteiger partial charge in [0.25, 0.3) is 5.91 Å². The molecule has 0 saturated carbocycles. The summed E-state index contributed by atoms with van der Waals surface area (Å²) in [6.07, 6.45) is 0. The van der Waals surface area contributed by atoms with Crippen molar-refractivity contribution in [1.82, 2.24) is 0 Å². The number of carbonyl (C=O) groups excluding carboxylic acids is 1. The zero-order valence-corrected chi connectivity index (χ0v) is 13.6. The molecule has 1 aromatic carbocycles. The summed E-state index contributed by atoms with van der Waals surface area (Å²) in [7, 11) is 0. The molecular weight excluding hydrogens is 417 g/mol. The molecule has 0 aliphatic carbocycles. The summed E-state index contributed by atoms with van der Waals surface area (Å²) in [5.74, 6) is -2.50. The Morgan fingerprint density at radius 3 is 2.45 bits per heavy atom. The molecule has 0 atom stereocenters. The van der Waals surface area contributed by atoms with E-state index in [-0.39, 0.29) is 11.3 Å². The number of benzene rings is 1. The smallest absolute Gasteiger partial charge is 0.335 e. The lowest BCUT2D eigenvalue weighted by Crippen LogP contribution is -2.12. The van der Waals surface area contributed by atoms with E-state index in [0.717, 1.165) is 14.3 Å². The standard InChI is InChI=1S/C12H6Br2FNO3S/c13-6-4-9(20-10(6)14)11(17)16-8-2-1-5(12(18)19)3-7(8)15/h1-4H,(H,16,17)(H,18,19). The van der Waals surface area contributed by atoms with Gasteiger partial charge < -0.3 is 10.4 Å². The molecule has 104 valence electrons. The Labute approximate surface area is 133 Å². The van der Waals surface area contributed by atoms with Crippen LogP contribution in [0.4, 0.5) is 10.1 Å². The quantitative estimate of drug-likeness (QED) is 0.772. The van der Waals surface area contributed by atoms with Crippen LogP contribution in [-0.2, 0) is 0 Å². The predicted octanol–water partition coefficient (Wildman–Crippen LogP) is 4.36. The normalized spacial score (nSPS) is 10.3. The first-order chi connectivity index (χ1) is 9.38. The summed E-state index contributed by atoms with van der Waals surface area (Å²) in [4.78, 5) is 23.0. The summed E-state index contributed by atoms with van der Waals surface area (Å²) < 4.78 is 15.2. The number of hydrogen-bond donors (Lipinski definition) is 2. The molecule has 8 heteroatoms. The molecule has 20 heavy (non-hydrogen) atoms. The first-order valence-electron chi connectivity index (χ1n) is 5.17. The Kier molecular flexibility index (Phi) is 4.56. The first-order valence-corrected chi connectivity index (χ1v) is 7.57. The number of amides is 1. The van der Waals surface area contributed by atoms with Crippen molar-refractivity contribution in [2.75, 3.05) is 5.32 Å². The number of aromatic carboxylic acids is 1. The van der Waals surface area contributed by atoms with E-state index in [2.05, 4.69) is 37.2 Å². The van der Waals surface area contributed by atoms with E-state index in [1.165, 1.54) is 23.5 Å². The fraction of sp³-hybridized carbons (Fsp3) is 0. The van der Waals surface area contributed by atoms with Crippen LogP contribution >= 0.6 is 43.2 Å². The summed E-state index contributed by atoms with van der Waals surface area (Å²) in [5.41, 5.74) is -0.247. The van der Waals surface area contributed by atoms with Crippen LogP contribution in [0.25, 0.3) is 0 Å². The maximum Gasteiger partial charge on any atom is 0.335 e. The van der Waals surface area contributed by atoms with Crippen LogP contribution in [0.5, 0.6) is 0 Å². The van der Waals surface area contributed by atoms with Gasteiger partial charge in [-0.1, -0.05) is 0 Å². The third-order valence-electron chi connectivity index (χ3n) is 2.33. The number of carboxylic acids is 1. The third kappa shape index (κ3) is 3.25. The van der Waals surface area contributed by atoms with Gasteiger partial charge in [-0.15, -0.1) is 11.3 Å². The fourth-order valence-electron chi connectivity index (χ4n) is 1.39. The van der Waals surface area contributed by atoms with E-state index in [1.54, 1.807) is 6.07 Å². The van der Waals surface area contributed by atoms with Crippen molar-refractivity contribution in [3.05, 3.63) is 48.8 Å². The van der Waals surface area contributed by atoms with Gasteiger partial charge >= 0.3 is 5.97 Å². The second kappa shape index (κ2) is 6.02. The van der Waals surface area contributed by atoms with Crippen LogP contribution in [0.3, 0.4) is 0 Å². The van der Waals surface area contributed by atoms with Crippen molar-refractivity contribution in [3.63, 3.8) is 0 Å². The molecule has 0 spiro atoms. The highest BCUT2D eigenvalue weighted by molar-refractivity contribution is 9.13. The second-order valence-corrected chi connectivity index (χ2v) is 6.91. The highest BCUT2D eigenvalue weighted by atomic mass is 79.9. The van der Waals surface area contributed by atoms with E-state index >= 15 is 0 Å². The summed E-state index contributed by atoms with van der Waals surface area (Å²) >= 11 is 7.71. The average molecular weight is 423 g/mol. The minimum Gasteiger partial charge on any atom is -0.478 e. The Morgan fingerprint density at radius 1 is 1.25 bits per heavy atom. The van der Waals surface area contributed by atoms with Crippen LogP contribution in [0.2, 0.25) is 0 Å². The second-order valence-electron chi connectivity index (χ2n) is 3.69. The number of thiophene rings is 1. The fourth-order valence-corrected chi connectivity index (χ4v) is 3.32. The number of nitrogens with one attached hydrogen (secondary N) is 1. The molecule has 2 aromatic rings. The lowest BCUT2D eigenvalue weighted by atomic mass is 10.2. The Bertz CT molecular complexity index is 683. The van der Waals surface area contributed by atoms with Crippen molar-refractivity contribution < 1.29 is 19.1 Å². The maximum absolute atomic E-state index is 13.7. The number of anilines is 1. The van der Waals surface area contributed by atoms with Crippen LogP contribution < -0.4 is 5.32 Å². The van der Waals surface area contributed by atoms with E-state index in [0.29, 0.717) is 4.88 Å². The molecule has 0 unspecified atom stereocenters. The summed E-state index contributed by atoms with van der Waals surface area (Å²) in [5, 5.41) is 11.1. The van der Waals surface area contributed by atoms with Gasteiger partial charge in [0.1, 0.15) is 5.82 Å². The summed E-state index contributed by atoms with van der Waals surface area (Å²) in [6, 6.07) is 4.90. The number of halogens is 3. The van der Waals surface area contributed by atoms with Gasteiger partial charge in [-0.05, 0) is 56.1 Å². The largest absolute Gasteiger partial charge is 0.478 e. The van der Waals surface area contributed by atoms with Crippen LogP contribution in [0.15, 0.2) is 32.5 Å². The molecule has 0 aliphatic heterocycles. The van der Waals surface area contributed by atoms with E-state index in [1.807, 2.05) is 0 Å². The van der Waals surface area contributed by atoms with Gasteiger partial charge in [-0.3, -0.25) is 4.79 Å². The number of carboxylic acid groups (broad SMARTS) is 1. The van der Waals surface area contributed by atoms with E-state index in [4.69, 9.17) is 5.11 Å². The van der Waals surface area contributed by atoms with Gasteiger partial charge in [-0.2, -0.15) is 0 Å². The molecule has 2 rings (SSSR count). The molecule has 4 nitrogen and oxygen atoms in total. The third-order valence-corrected chi connectivity index (χ3v) is 5.59. The highest BCUT2D eigenvalue weighted by Crippen LogP contribution is 2.32. The molecular formula is C12H6Br2FNO3S. The van der Waals surface area contributed by atoms with Crippen molar-refractivity contribution in [2.45, 2.75) is 0 Å². The van der Waals surface area contributed by atoms with Gasteiger partial charge in [0.15, 0.2) is 0 Å². The molecule has 0 fully saturated rings. The molecule has 2 N–H and O–H groups in total. The van der Waals surface area contributed by atoms with Gasteiger partial charge in [0, 0.05) is 4.47 Å². The number of rotatable bonds is 3. The zero-order chi connectivity index (χ0) is 14.9. The SMILES string of the molecule is O=C(O)c1ccc(NC(=O)c2cc(Br)c(Br)s2)c(F)c1. The topological polar surface area (TPSA) is 66.4 Å². The minimum atomic E-state index is -1.23. The summed E-state index contributed by atoms with van der Waals surface area (Å²) in [6.45, 7) is 0. The van der Waals surface area contributed by atoms with Gasteiger partial charge in [-0.25, -0.2) is 9.18 Å². The predicted molar refractivity (Wildman–Crippen MR) is 81.0 cm³/mol.